The summed E-state index contributed by atoms with van der Waals surface area (Å²) in [7, 11) is 0. The third-order valence-corrected chi connectivity index (χ3v) is 18.2. The van der Waals surface area contributed by atoms with Gasteiger partial charge >= 0.3 is 5.97 Å². The number of guanidine groups is 1. The first-order valence-corrected chi connectivity index (χ1v) is 42.0. The van der Waals surface area contributed by atoms with E-state index in [1.165, 1.54) is 30.5 Å². The second kappa shape index (κ2) is 68.2. The fraction of sp³-hybridized carbons (Fsp3) is 0.613. The van der Waals surface area contributed by atoms with Gasteiger partial charge in [0.05, 0.1) is 131 Å². The first kappa shape index (κ1) is 108. The number of nitrogens with one attached hydrogen (secondary N) is 15. The zero-order chi connectivity index (χ0) is 90.8. The van der Waals surface area contributed by atoms with Gasteiger partial charge in [-0.05, 0) is 55.4 Å². The third-order valence-electron chi connectivity index (χ3n) is 16.4. The van der Waals surface area contributed by atoms with Crippen LogP contribution in [0.3, 0.4) is 0 Å². The Balaban J connectivity index is 1.62. The van der Waals surface area contributed by atoms with Crippen molar-refractivity contribution in [2.24, 2.45) is 16.6 Å². The highest BCUT2D eigenvalue weighted by Gasteiger charge is 2.34. The largest absolute Gasteiger partial charge is 0.481 e. The number of carbonyl (C=O) groups excluding carboxylic acids is 14. The van der Waals surface area contributed by atoms with Gasteiger partial charge in [-0.2, -0.15) is 25.3 Å². The molecule has 1 aliphatic rings. The predicted octanol–water partition coefficient (Wildman–Crippen LogP) is -7.32. The number of nitrogens with zero attached hydrogens (tertiary/aromatic N) is 1. The zero-order valence-corrected chi connectivity index (χ0v) is 71.3. The Hall–Kier alpha value is -10.2. The standard InChI is InChI=1S/C75H117FN18O27S3/c76-52-13-11-51(12-14-52)39-87-121-45-65(100)83-19-23-113-27-31-117-34-36-118-35-33-116-30-26-112-22-18-82-64(99)44-120-43-62(97)80-15-5-4-9-54-70(106)92-57(46-122)73(109)90-53(10-6-16-85-75(78)79)68(104)86-40-61(96)89-56(38-67(102)103)72(108)93-58(47-123)74(110)91-55(37-50-7-2-1-3-8-50)71(107)94-59(48-124-49-66(101)88-54)69(105)84-20-24-114-28-32-115-29-25-111-21-17-81-63(98)42-119-41-60(77)95/h1-3,7-8,11-14,39,53-59,122-123H,4-6,9-10,15-38,40-49H2,(H2,77,95)(H,80,97)(H,81,98)(H,82,99)(H,83,100)(H,84,105)(H,86,104)(H,88,101)(H,89,96)(H,90,109)(H,91,110)(H,92,106)(H,93,108)(H,94,107)(H,102,103)(H4,78,79,85)/b87-39+/t53-,54-,55-,56-,57-,58-,59-/m0/s1. The van der Waals surface area contributed by atoms with E-state index in [0.717, 1.165) is 11.8 Å². The van der Waals surface area contributed by atoms with E-state index in [2.05, 4.69) is 105 Å². The van der Waals surface area contributed by atoms with Crippen molar-refractivity contribution >= 4 is 138 Å². The minimum Gasteiger partial charge on any atom is -0.481 e. The summed E-state index contributed by atoms with van der Waals surface area (Å²) in [6, 6.07) is 3.02. The summed E-state index contributed by atoms with van der Waals surface area (Å²) >= 11 is 9.37. The molecule has 0 saturated carbocycles. The summed E-state index contributed by atoms with van der Waals surface area (Å²) in [5, 5.41) is 56.4. The smallest absolute Gasteiger partial charge is 0.305 e. The molecule has 1 fully saturated rings. The molecule has 14 amide bonds. The van der Waals surface area contributed by atoms with E-state index in [0.29, 0.717) is 50.8 Å². The molecule has 2 aromatic carbocycles. The van der Waals surface area contributed by atoms with Crippen LogP contribution in [0.4, 0.5) is 4.39 Å². The van der Waals surface area contributed by atoms with Gasteiger partial charge in [0.15, 0.2) is 12.6 Å². The number of benzene rings is 2. The van der Waals surface area contributed by atoms with Gasteiger partial charge in [0.2, 0.25) is 76.8 Å². The Morgan fingerprint density at radius 3 is 1.39 bits per heavy atom. The van der Waals surface area contributed by atoms with E-state index < -0.39 is 181 Å². The normalized spacial score (nSPS) is 17.9. The molecule has 0 bridgehead atoms. The Labute approximate surface area is 730 Å². The van der Waals surface area contributed by atoms with Crippen molar-refractivity contribution in [1.29, 1.82) is 5.41 Å². The average Bonchev–Trinajstić information content (AvgIpc) is 0.871. The first-order chi connectivity index (χ1) is 59.8. The minimum absolute atomic E-state index is 0.0242. The number of aliphatic carboxylic acids is 1. The number of halogens is 1. The van der Waals surface area contributed by atoms with E-state index >= 15 is 0 Å². The van der Waals surface area contributed by atoms with Gasteiger partial charge in [0, 0.05) is 62.9 Å². The van der Waals surface area contributed by atoms with Crippen LogP contribution < -0.4 is 85.9 Å². The fourth-order valence-corrected chi connectivity index (χ4v) is 11.7. The average molecular weight is 1820 g/mol. The monoisotopic (exact) mass is 1820 g/mol. The lowest BCUT2D eigenvalue weighted by molar-refractivity contribution is -0.141. The van der Waals surface area contributed by atoms with Gasteiger partial charge in [-0.3, -0.25) is 77.3 Å². The van der Waals surface area contributed by atoms with Crippen LogP contribution in [0, 0.1) is 11.2 Å². The Morgan fingerprint density at radius 2 is 0.887 bits per heavy atom. The SMILES string of the molecule is N=C(N)NCCC[C@@H]1NC(=O)[C@H](CS)NC(=O)[C@H](CCCCNC(=O)COCC(=O)NCCOCCOCCOCCOCCOCCNC(=O)CO/N=C/c2ccc(F)cc2)NC(=O)CSC[C@@H](C(=O)NCCOCCOCCOCCNC(=O)COCC(N)=O)NC(=O)[C@H](Cc2ccccc2)NC(=O)[C@H](CS)NC(=O)[C@H](CC(=O)O)NC(=O)CNC1=O. The number of thiol groups is 2. The highest BCUT2D eigenvalue weighted by atomic mass is 32.2. The molecule has 1 saturated heterocycles. The third kappa shape index (κ3) is 54.4. The van der Waals surface area contributed by atoms with Crippen LogP contribution in [0.25, 0.3) is 0 Å². The van der Waals surface area contributed by atoms with Crippen molar-refractivity contribution in [3.05, 3.63) is 71.5 Å². The second-order valence-corrected chi connectivity index (χ2v) is 28.3. The number of ether oxygens (including phenoxy) is 10. The maximum Gasteiger partial charge on any atom is 0.305 e. The molecule has 0 spiro atoms. The molecule has 7 atom stereocenters. The van der Waals surface area contributed by atoms with Gasteiger partial charge < -0.3 is 143 Å². The molecular formula is C75H117FN18O27S3. The van der Waals surface area contributed by atoms with Crippen LogP contribution in [0.15, 0.2) is 59.8 Å². The maximum atomic E-state index is 14.6. The molecule has 0 aromatic heterocycles. The van der Waals surface area contributed by atoms with E-state index in [4.69, 9.17) is 69.1 Å². The number of rotatable bonds is 58. The lowest BCUT2D eigenvalue weighted by atomic mass is 10.0. The van der Waals surface area contributed by atoms with Gasteiger partial charge in [0.25, 0.3) is 5.91 Å². The number of carbonyl (C=O) groups is 15. The summed E-state index contributed by atoms with van der Waals surface area (Å²) < 4.78 is 67.0. The van der Waals surface area contributed by atoms with Crippen LogP contribution in [0.5, 0.6) is 0 Å². The molecule has 0 unspecified atom stereocenters. The van der Waals surface area contributed by atoms with Crippen LogP contribution in [-0.4, -0.2) is 356 Å². The number of thioether (sulfide) groups is 1. The number of nitrogens with two attached hydrogens (primary N) is 2. The molecule has 0 radical (unpaired) electrons. The number of amides is 14. The number of oxime groups is 1. The van der Waals surface area contributed by atoms with Crippen LogP contribution in [0.2, 0.25) is 0 Å². The number of hydrogen-bond donors (Lipinski definition) is 20. The molecule has 3 rings (SSSR count). The molecule has 0 aliphatic carbocycles. The van der Waals surface area contributed by atoms with Gasteiger partial charge in [-0.1, -0.05) is 47.6 Å². The highest BCUT2D eigenvalue weighted by molar-refractivity contribution is 8.00. The number of carboxylic acids is 1. The molecular weight excluding hydrogens is 1700 g/mol. The predicted molar refractivity (Wildman–Crippen MR) is 449 cm³/mol. The van der Waals surface area contributed by atoms with Crippen molar-refractivity contribution in [3.8, 4) is 0 Å². The molecule has 45 nitrogen and oxygen atoms in total. The Kier molecular flexibility index (Phi) is 59.4. The molecule has 1 heterocycles. The number of primary amides is 1. The number of carboxylic acid groups (broad SMARTS) is 1. The number of unbranched alkanes of at least 4 members (excludes halogenated alkanes) is 1. The zero-order valence-electron chi connectivity index (χ0n) is 68.7. The first-order valence-electron chi connectivity index (χ1n) is 39.6. The molecule has 2 aromatic rings. The fourth-order valence-electron chi connectivity index (χ4n) is 10.3. The molecule has 20 N–H and O–H groups in total. The summed E-state index contributed by atoms with van der Waals surface area (Å²) in [5.41, 5.74) is 11.5. The lowest BCUT2D eigenvalue weighted by Crippen LogP contribution is -2.60. The second-order valence-electron chi connectivity index (χ2n) is 26.5. The highest BCUT2D eigenvalue weighted by Crippen LogP contribution is 2.12. The van der Waals surface area contributed by atoms with Crippen molar-refractivity contribution in [2.75, 3.05) is 208 Å². The van der Waals surface area contributed by atoms with Crippen molar-refractivity contribution < 1.29 is 134 Å². The molecule has 124 heavy (non-hydrogen) atoms. The molecule has 1 aliphatic heterocycles. The van der Waals surface area contributed by atoms with E-state index in [1.807, 2.05) is 0 Å². The summed E-state index contributed by atoms with van der Waals surface area (Å²) in [5.74, 6) is -15.4. The van der Waals surface area contributed by atoms with Crippen molar-refractivity contribution in [3.63, 3.8) is 0 Å². The van der Waals surface area contributed by atoms with E-state index in [9.17, 15) is 81.4 Å². The maximum absolute atomic E-state index is 14.6. The summed E-state index contributed by atoms with van der Waals surface area (Å²) in [6.45, 7) is 0.913. The lowest BCUT2D eigenvalue weighted by Gasteiger charge is -2.26. The van der Waals surface area contributed by atoms with Crippen LogP contribution in [0.1, 0.15) is 49.7 Å². The van der Waals surface area contributed by atoms with Crippen LogP contribution >= 0.6 is 37.0 Å². The summed E-state index contributed by atoms with van der Waals surface area (Å²) in [6.07, 6.45) is 0.243. The number of hydrogen-bond acceptors (Lipinski definition) is 31. The summed E-state index contributed by atoms with van der Waals surface area (Å²) in [4.78, 5) is 203. The van der Waals surface area contributed by atoms with Gasteiger partial charge in [-0.15, -0.1) is 11.8 Å². The van der Waals surface area contributed by atoms with Crippen LogP contribution in [-0.2, 0) is 131 Å². The van der Waals surface area contributed by atoms with Crippen molar-refractivity contribution in [2.45, 2.75) is 87.2 Å². The molecule has 694 valence electrons. The van der Waals surface area contributed by atoms with E-state index in [1.54, 1.807) is 30.3 Å². The Morgan fingerprint density at radius 1 is 0.468 bits per heavy atom. The van der Waals surface area contributed by atoms with Gasteiger partial charge in [-0.25, -0.2) is 4.39 Å². The van der Waals surface area contributed by atoms with Crippen molar-refractivity contribution in [1.82, 2.24) is 74.4 Å². The topological polar surface area (TPSA) is 634 Å². The quantitative estimate of drug-likeness (QED) is 0.00962. The van der Waals surface area contributed by atoms with E-state index in [-0.39, 0.29) is 175 Å². The minimum atomic E-state index is -1.88. The Bertz CT molecular complexity index is 3620. The molecule has 49 heteroatoms. The van der Waals surface area contributed by atoms with Gasteiger partial charge in [0.1, 0.15) is 74.5 Å².